The maximum Gasteiger partial charge on any atom is 0.167 e. The predicted octanol–water partition coefficient (Wildman–Crippen LogP) is 4.85. The number of aliphatic hydroxyl groups is 2. The Bertz CT molecular complexity index is 1270. The molecule has 4 aromatic rings. The molecule has 6 heteroatoms. The Balaban J connectivity index is 1.72. The molecule has 0 bridgehead atoms. The smallest absolute Gasteiger partial charge is 0.167 e. The van der Waals surface area contributed by atoms with E-state index in [1.54, 1.807) is 18.5 Å². The van der Waals surface area contributed by atoms with Gasteiger partial charge in [0.1, 0.15) is 5.69 Å². The Morgan fingerprint density at radius 1 is 0.882 bits per heavy atom. The lowest BCUT2D eigenvalue weighted by Crippen LogP contribution is -2.07. The Labute approximate surface area is 198 Å². The zero-order valence-electron chi connectivity index (χ0n) is 19.2. The fourth-order valence-electron chi connectivity index (χ4n) is 4.09. The van der Waals surface area contributed by atoms with E-state index in [2.05, 4.69) is 29.2 Å². The van der Waals surface area contributed by atoms with E-state index in [0.717, 1.165) is 29.5 Å². The van der Waals surface area contributed by atoms with E-state index < -0.39 is 0 Å². The number of hydrogen-bond acceptors (Lipinski definition) is 6. The molecule has 0 aliphatic carbocycles. The van der Waals surface area contributed by atoms with Gasteiger partial charge in [-0.1, -0.05) is 48.5 Å². The minimum absolute atomic E-state index is 0.0495. The molecule has 0 saturated carbocycles. The second-order valence-corrected chi connectivity index (χ2v) is 8.11. The normalized spacial score (nSPS) is 11.0. The number of rotatable bonds is 10. The number of carbonyl (C=O) groups is 1. The van der Waals surface area contributed by atoms with Crippen LogP contribution in [0, 0.1) is 0 Å². The molecule has 0 radical (unpaired) electrons. The molecule has 2 N–H and O–H groups in total. The average molecular weight is 457 g/mol. The molecular formula is C28H28N2O4. The number of fused-ring (bicyclic) bond motifs is 1. The van der Waals surface area contributed by atoms with Gasteiger partial charge >= 0.3 is 0 Å². The van der Waals surface area contributed by atoms with E-state index in [1.807, 2.05) is 24.3 Å². The first-order valence-electron chi connectivity index (χ1n) is 11.4. The quantitative estimate of drug-likeness (QED) is 0.331. The summed E-state index contributed by atoms with van der Waals surface area (Å²) in [4.78, 5) is 22.0. The number of aryl methyl sites for hydroxylation is 1. The predicted molar refractivity (Wildman–Crippen MR) is 133 cm³/mol. The molecule has 2 aromatic carbocycles. The van der Waals surface area contributed by atoms with Crippen LogP contribution < -0.4 is 4.74 Å². The van der Waals surface area contributed by atoms with Crippen molar-refractivity contribution in [1.82, 2.24) is 9.97 Å². The molecule has 6 nitrogen and oxygen atoms in total. The molecular weight excluding hydrogens is 428 g/mol. The van der Waals surface area contributed by atoms with Crippen LogP contribution in [-0.2, 0) is 6.42 Å². The molecule has 174 valence electrons. The number of hydrogen-bond donors (Lipinski definition) is 2. The van der Waals surface area contributed by atoms with E-state index in [0.29, 0.717) is 34.3 Å². The van der Waals surface area contributed by atoms with Crippen molar-refractivity contribution in [3.63, 3.8) is 0 Å². The summed E-state index contributed by atoms with van der Waals surface area (Å²) in [6, 6.07) is 18.2. The average Bonchev–Trinajstić information content (AvgIpc) is 2.89. The van der Waals surface area contributed by atoms with Crippen LogP contribution in [0.1, 0.15) is 35.2 Å². The Kier molecular flexibility index (Phi) is 7.62. The van der Waals surface area contributed by atoms with Crippen molar-refractivity contribution in [2.24, 2.45) is 0 Å². The zero-order chi connectivity index (χ0) is 23.9. The Morgan fingerprint density at radius 2 is 1.53 bits per heavy atom. The van der Waals surface area contributed by atoms with Gasteiger partial charge in [0.15, 0.2) is 11.5 Å². The summed E-state index contributed by atoms with van der Waals surface area (Å²) in [5.41, 5.74) is 5.93. The molecule has 0 aliphatic heterocycles. The van der Waals surface area contributed by atoms with Crippen molar-refractivity contribution in [3.8, 4) is 28.1 Å². The largest absolute Gasteiger partial charge is 0.494 e. The number of aliphatic hydroxyl groups excluding tert-OH is 2. The van der Waals surface area contributed by atoms with Crippen LogP contribution in [0.3, 0.4) is 0 Å². The van der Waals surface area contributed by atoms with Crippen LogP contribution in [0.5, 0.6) is 5.75 Å². The van der Waals surface area contributed by atoms with Crippen molar-refractivity contribution in [2.45, 2.75) is 25.7 Å². The number of benzene rings is 2. The Hall–Kier alpha value is -3.61. The van der Waals surface area contributed by atoms with Crippen LogP contribution in [0.15, 0.2) is 67.0 Å². The van der Waals surface area contributed by atoms with Gasteiger partial charge < -0.3 is 14.9 Å². The first-order valence-corrected chi connectivity index (χ1v) is 11.4. The van der Waals surface area contributed by atoms with E-state index in [1.165, 1.54) is 12.7 Å². The monoisotopic (exact) mass is 456 g/mol. The molecule has 4 rings (SSSR count). The van der Waals surface area contributed by atoms with Gasteiger partial charge in [0.25, 0.3) is 0 Å². The number of carbonyl (C=O) groups excluding carboxylic acids is 1. The van der Waals surface area contributed by atoms with Gasteiger partial charge in [-0.2, -0.15) is 0 Å². The molecule has 0 atom stereocenters. The van der Waals surface area contributed by atoms with Crippen molar-refractivity contribution in [1.29, 1.82) is 0 Å². The number of Topliss-reactive ketones (excluding diaryl/α,β-unsaturated/α-hetero) is 1. The first-order chi connectivity index (χ1) is 16.7. The summed E-state index contributed by atoms with van der Waals surface area (Å²) < 4.78 is 5.71. The van der Waals surface area contributed by atoms with Crippen molar-refractivity contribution < 1.29 is 19.7 Å². The number of methoxy groups -OCH3 is 1. The number of aromatic nitrogens is 2. The van der Waals surface area contributed by atoms with E-state index in [9.17, 15) is 9.90 Å². The van der Waals surface area contributed by atoms with Crippen LogP contribution in [0.25, 0.3) is 33.3 Å². The minimum atomic E-state index is -0.106. The first kappa shape index (κ1) is 23.5. The minimum Gasteiger partial charge on any atom is -0.494 e. The summed E-state index contributed by atoms with van der Waals surface area (Å²) in [6.07, 6.45) is 5.50. The molecule has 2 heterocycles. The molecule has 0 aliphatic rings. The van der Waals surface area contributed by atoms with Gasteiger partial charge in [0.2, 0.25) is 0 Å². The lowest BCUT2D eigenvalue weighted by molar-refractivity contribution is 0.0970. The van der Waals surface area contributed by atoms with Crippen LogP contribution >= 0.6 is 0 Å². The van der Waals surface area contributed by atoms with Gasteiger partial charge in [-0.15, -0.1) is 0 Å². The second kappa shape index (κ2) is 11.0. The number of ether oxygens (including phenoxy) is 1. The van der Waals surface area contributed by atoms with Gasteiger partial charge in [-0.3, -0.25) is 9.78 Å². The zero-order valence-corrected chi connectivity index (χ0v) is 19.2. The Morgan fingerprint density at radius 3 is 2.18 bits per heavy atom. The third-order valence-corrected chi connectivity index (χ3v) is 5.86. The maximum atomic E-state index is 13.1. The molecule has 34 heavy (non-hydrogen) atoms. The molecule has 2 aromatic heterocycles. The fourth-order valence-corrected chi connectivity index (χ4v) is 4.09. The molecule has 0 saturated heterocycles. The number of ketones is 1. The highest BCUT2D eigenvalue weighted by Gasteiger charge is 2.22. The molecule has 0 unspecified atom stereocenters. The SMILES string of the molecule is COc1c(-c2ccc(-c3ccc(CCCO)cc3)cc2)nc2ccncc2c1C(=O)CCCO. The lowest BCUT2D eigenvalue weighted by Gasteiger charge is -2.15. The highest BCUT2D eigenvalue weighted by Crippen LogP contribution is 2.37. The maximum absolute atomic E-state index is 13.1. The van der Waals surface area contributed by atoms with Crippen molar-refractivity contribution >= 4 is 16.7 Å². The summed E-state index contributed by atoms with van der Waals surface area (Å²) in [7, 11) is 1.54. The molecule has 0 fully saturated rings. The van der Waals surface area contributed by atoms with Crippen LogP contribution in [0.4, 0.5) is 0 Å². The number of nitrogens with zero attached hydrogens (tertiary/aromatic N) is 2. The summed E-state index contributed by atoms with van der Waals surface area (Å²) >= 11 is 0. The van der Waals surface area contributed by atoms with Gasteiger partial charge in [-0.05, 0) is 42.0 Å². The fraction of sp³-hybridized carbons (Fsp3) is 0.250. The van der Waals surface area contributed by atoms with Crippen LogP contribution in [-0.4, -0.2) is 46.3 Å². The molecule has 0 spiro atoms. The van der Waals surface area contributed by atoms with Crippen LogP contribution in [0.2, 0.25) is 0 Å². The van der Waals surface area contributed by atoms with Gasteiger partial charge in [0, 0.05) is 43.0 Å². The third-order valence-electron chi connectivity index (χ3n) is 5.86. The topological polar surface area (TPSA) is 92.5 Å². The van der Waals surface area contributed by atoms with E-state index in [4.69, 9.17) is 14.8 Å². The number of pyridine rings is 2. The summed E-state index contributed by atoms with van der Waals surface area (Å²) in [5.74, 6) is 0.315. The molecule has 0 amide bonds. The summed E-state index contributed by atoms with van der Waals surface area (Å²) in [5, 5.41) is 18.8. The highest BCUT2D eigenvalue weighted by atomic mass is 16.5. The summed E-state index contributed by atoms with van der Waals surface area (Å²) in [6.45, 7) is 0.146. The van der Waals surface area contributed by atoms with Crippen molar-refractivity contribution in [2.75, 3.05) is 20.3 Å². The third kappa shape index (κ3) is 4.98. The highest BCUT2D eigenvalue weighted by molar-refractivity contribution is 6.11. The van der Waals surface area contributed by atoms with Crippen molar-refractivity contribution in [3.05, 3.63) is 78.1 Å². The standard InChI is InChI=1S/C28H28N2O4/c1-34-28-26(25(33)5-3-17-32)23-18-29-15-14-24(23)30-27(28)22-12-10-21(11-13-22)20-8-6-19(7-9-20)4-2-16-31/h6-15,18,31-32H,2-5,16-17H2,1H3. The lowest BCUT2D eigenvalue weighted by atomic mass is 9.96. The van der Waals surface area contributed by atoms with Gasteiger partial charge in [0.05, 0.1) is 18.2 Å². The second-order valence-electron chi connectivity index (χ2n) is 8.11. The van der Waals surface area contributed by atoms with E-state index >= 15 is 0 Å². The van der Waals surface area contributed by atoms with E-state index in [-0.39, 0.29) is 25.4 Å². The van der Waals surface area contributed by atoms with Gasteiger partial charge in [-0.25, -0.2) is 4.98 Å².